The van der Waals surface area contributed by atoms with E-state index in [1.807, 2.05) is 0 Å². The van der Waals surface area contributed by atoms with E-state index in [-0.39, 0.29) is 10.8 Å². The Bertz CT molecular complexity index is 2200. The fourth-order valence-corrected chi connectivity index (χ4v) is 7.83. The van der Waals surface area contributed by atoms with E-state index < -0.39 is 0 Å². The van der Waals surface area contributed by atoms with Crippen LogP contribution in [0.1, 0.15) is 49.9 Å². The van der Waals surface area contributed by atoms with E-state index in [0.717, 1.165) is 28.4 Å². The van der Waals surface area contributed by atoms with Crippen LogP contribution in [0.3, 0.4) is 0 Å². The second-order valence-electron chi connectivity index (χ2n) is 14.3. The number of anilines is 6. The summed E-state index contributed by atoms with van der Waals surface area (Å²) in [7, 11) is 0. The predicted molar refractivity (Wildman–Crippen MR) is 212 cm³/mol. The highest BCUT2D eigenvalue weighted by Crippen LogP contribution is 2.54. The standard InChI is InChI=1S/C48H42N2/c1-47(2,35-27-31-40(32-28-35)49(37-17-8-5-9-18-37)38-19-10-6-11-20-38)36-29-33-41(34-30-36)50(39-21-12-7-13-22-39)45-26-16-24-43-42-23-14-15-25-44(42)48(3,4)46(43)45/h5-34H,1-4H3. The molecule has 2 heteroatoms. The minimum absolute atomic E-state index is 0.125. The van der Waals surface area contributed by atoms with Gasteiger partial charge in [0.1, 0.15) is 0 Å². The van der Waals surface area contributed by atoms with Crippen LogP contribution in [0, 0.1) is 0 Å². The number of benzene rings is 7. The van der Waals surface area contributed by atoms with Crippen molar-refractivity contribution in [3.05, 3.63) is 204 Å². The molecule has 50 heavy (non-hydrogen) atoms. The molecule has 1 aliphatic carbocycles. The van der Waals surface area contributed by atoms with Crippen LogP contribution in [-0.2, 0) is 10.8 Å². The van der Waals surface area contributed by atoms with E-state index in [9.17, 15) is 0 Å². The minimum Gasteiger partial charge on any atom is -0.311 e. The van der Waals surface area contributed by atoms with Crippen molar-refractivity contribution in [2.24, 2.45) is 0 Å². The molecule has 0 unspecified atom stereocenters. The molecular formula is C48H42N2. The summed E-state index contributed by atoms with van der Waals surface area (Å²) in [5.74, 6) is 0. The van der Waals surface area contributed by atoms with Gasteiger partial charge in [-0.2, -0.15) is 0 Å². The Morgan fingerprint density at radius 2 is 0.780 bits per heavy atom. The lowest BCUT2D eigenvalue weighted by molar-refractivity contribution is 0.641. The van der Waals surface area contributed by atoms with E-state index >= 15 is 0 Å². The molecule has 0 spiro atoms. The third kappa shape index (κ3) is 5.38. The number of rotatable bonds is 8. The van der Waals surface area contributed by atoms with Crippen molar-refractivity contribution < 1.29 is 0 Å². The Morgan fingerprint density at radius 3 is 1.30 bits per heavy atom. The van der Waals surface area contributed by atoms with Gasteiger partial charge in [0.05, 0.1) is 5.69 Å². The summed E-state index contributed by atoms with van der Waals surface area (Å²) >= 11 is 0. The second kappa shape index (κ2) is 12.5. The van der Waals surface area contributed by atoms with Crippen molar-refractivity contribution >= 4 is 34.1 Å². The van der Waals surface area contributed by atoms with Gasteiger partial charge in [-0.1, -0.05) is 143 Å². The van der Waals surface area contributed by atoms with Crippen LogP contribution in [0.25, 0.3) is 11.1 Å². The molecule has 0 fully saturated rings. The van der Waals surface area contributed by atoms with Crippen LogP contribution in [0.15, 0.2) is 182 Å². The Labute approximate surface area is 296 Å². The van der Waals surface area contributed by atoms with Crippen LogP contribution in [0.4, 0.5) is 34.1 Å². The fraction of sp³-hybridized carbons (Fsp3) is 0.125. The van der Waals surface area contributed by atoms with Gasteiger partial charge in [-0.15, -0.1) is 0 Å². The lowest BCUT2D eigenvalue weighted by Gasteiger charge is -2.33. The smallest absolute Gasteiger partial charge is 0.0508 e. The number of hydrogen-bond donors (Lipinski definition) is 0. The molecule has 0 heterocycles. The highest BCUT2D eigenvalue weighted by atomic mass is 15.1. The van der Waals surface area contributed by atoms with Gasteiger partial charge in [-0.3, -0.25) is 0 Å². The van der Waals surface area contributed by atoms with Crippen LogP contribution >= 0.6 is 0 Å². The van der Waals surface area contributed by atoms with Gasteiger partial charge in [-0.25, -0.2) is 0 Å². The highest BCUT2D eigenvalue weighted by Gasteiger charge is 2.38. The molecule has 244 valence electrons. The number of nitrogens with zero attached hydrogens (tertiary/aromatic N) is 2. The van der Waals surface area contributed by atoms with Gasteiger partial charge in [0.15, 0.2) is 0 Å². The quantitative estimate of drug-likeness (QED) is 0.162. The lowest BCUT2D eigenvalue weighted by atomic mass is 9.78. The topological polar surface area (TPSA) is 6.48 Å². The van der Waals surface area contributed by atoms with E-state index in [1.165, 1.54) is 39.1 Å². The number of fused-ring (bicyclic) bond motifs is 3. The lowest BCUT2D eigenvalue weighted by Crippen LogP contribution is -2.21. The molecular weight excluding hydrogens is 605 g/mol. The Balaban J connectivity index is 1.15. The van der Waals surface area contributed by atoms with E-state index in [0.29, 0.717) is 0 Å². The molecule has 0 saturated heterocycles. The Hall–Kier alpha value is -5.86. The normalized spacial score (nSPS) is 13.0. The molecule has 0 amide bonds. The summed E-state index contributed by atoms with van der Waals surface area (Å²) in [5.41, 5.74) is 14.6. The molecule has 0 saturated carbocycles. The zero-order valence-electron chi connectivity index (χ0n) is 29.2. The molecule has 7 aromatic rings. The van der Waals surface area contributed by atoms with Crippen LogP contribution in [0.2, 0.25) is 0 Å². The molecule has 1 aliphatic rings. The maximum absolute atomic E-state index is 2.43. The summed E-state index contributed by atoms with van der Waals surface area (Å²) in [5, 5.41) is 0. The Morgan fingerprint density at radius 1 is 0.380 bits per heavy atom. The van der Waals surface area contributed by atoms with E-state index in [2.05, 4.69) is 219 Å². The maximum atomic E-state index is 2.43. The zero-order chi connectivity index (χ0) is 34.3. The van der Waals surface area contributed by atoms with E-state index in [4.69, 9.17) is 0 Å². The van der Waals surface area contributed by atoms with Crippen molar-refractivity contribution in [2.75, 3.05) is 9.80 Å². The SMILES string of the molecule is CC(C)(c1ccc(N(c2ccccc2)c2ccccc2)cc1)c1ccc(N(c2ccccc2)c2cccc3c2C(C)(C)c2ccccc2-3)cc1. The first-order valence-electron chi connectivity index (χ1n) is 17.5. The fourth-order valence-electron chi connectivity index (χ4n) is 7.83. The molecule has 0 radical (unpaired) electrons. The summed E-state index contributed by atoms with van der Waals surface area (Å²) in [4.78, 5) is 4.74. The van der Waals surface area contributed by atoms with Crippen molar-refractivity contribution in [1.82, 2.24) is 0 Å². The van der Waals surface area contributed by atoms with Gasteiger partial charge < -0.3 is 9.80 Å². The monoisotopic (exact) mass is 646 g/mol. The van der Waals surface area contributed by atoms with Crippen molar-refractivity contribution in [2.45, 2.75) is 38.5 Å². The first-order chi connectivity index (χ1) is 24.3. The molecule has 7 aromatic carbocycles. The zero-order valence-corrected chi connectivity index (χ0v) is 29.2. The van der Waals surface area contributed by atoms with Gasteiger partial charge >= 0.3 is 0 Å². The van der Waals surface area contributed by atoms with Gasteiger partial charge in [0.25, 0.3) is 0 Å². The average Bonchev–Trinajstić information content (AvgIpc) is 3.40. The molecule has 0 aromatic heterocycles. The summed E-state index contributed by atoms with van der Waals surface area (Å²) in [6, 6.07) is 65.8. The summed E-state index contributed by atoms with van der Waals surface area (Å²) < 4.78 is 0. The molecule has 2 nitrogen and oxygen atoms in total. The van der Waals surface area contributed by atoms with Gasteiger partial charge in [-0.05, 0) is 100 Å². The molecule has 0 N–H and O–H groups in total. The third-order valence-corrected chi connectivity index (χ3v) is 10.5. The van der Waals surface area contributed by atoms with Gasteiger partial charge in [0, 0.05) is 39.3 Å². The highest BCUT2D eigenvalue weighted by molar-refractivity contribution is 5.90. The van der Waals surface area contributed by atoms with E-state index in [1.54, 1.807) is 0 Å². The molecule has 8 rings (SSSR count). The molecule has 0 bridgehead atoms. The number of hydrogen-bond acceptors (Lipinski definition) is 2. The average molecular weight is 647 g/mol. The van der Waals surface area contributed by atoms with Crippen molar-refractivity contribution in [3.8, 4) is 11.1 Å². The second-order valence-corrected chi connectivity index (χ2v) is 14.3. The maximum Gasteiger partial charge on any atom is 0.0508 e. The van der Waals surface area contributed by atoms with Gasteiger partial charge in [0.2, 0.25) is 0 Å². The third-order valence-electron chi connectivity index (χ3n) is 10.5. The molecule has 0 atom stereocenters. The summed E-state index contributed by atoms with van der Waals surface area (Å²) in [6.07, 6.45) is 0. The number of para-hydroxylation sites is 3. The Kier molecular flexibility index (Phi) is 7.88. The van der Waals surface area contributed by atoms with Crippen molar-refractivity contribution in [3.63, 3.8) is 0 Å². The minimum atomic E-state index is -0.198. The van der Waals surface area contributed by atoms with Crippen LogP contribution < -0.4 is 9.80 Å². The first-order valence-corrected chi connectivity index (χ1v) is 17.5. The predicted octanol–water partition coefficient (Wildman–Crippen LogP) is 13.3. The first kappa shape index (κ1) is 31.4. The largest absolute Gasteiger partial charge is 0.311 e. The van der Waals surface area contributed by atoms with Crippen LogP contribution in [0.5, 0.6) is 0 Å². The van der Waals surface area contributed by atoms with Crippen molar-refractivity contribution in [1.29, 1.82) is 0 Å². The van der Waals surface area contributed by atoms with Crippen LogP contribution in [-0.4, -0.2) is 0 Å². The summed E-state index contributed by atoms with van der Waals surface area (Å²) in [6.45, 7) is 9.37. The molecule has 0 aliphatic heterocycles.